The normalized spacial score (nSPS) is 11.1. The van der Waals surface area contributed by atoms with E-state index in [1.807, 2.05) is 12.1 Å². The molecule has 0 unspecified atom stereocenters. The molecule has 124 valence electrons. The summed E-state index contributed by atoms with van der Waals surface area (Å²) in [5.74, 6) is 0.919. The van der Waals surface area contributed by atoms with E-state index in [-0.39, 0.29) is 23.6 Å². The number of amides is 1. The van der Waals surface area contributed by atoms with Crippen LogP contribution in [0.2, 0.25) is 0 Å². The maximum atomic E-state index is 12.3. The minimum atomic E-state index is -0.355. The number of pyridine rings is 1. The molecule has 0 bridgehead atoms. The highest BCUT2D eigenvalue weighted by Gasteiger charge is 2.11. The van der Waals surface area contributed by atoms with Crippen LogP contribution < -0.4 is 10.7 Å². The van der Waals surface area contributed by atoms with Crippen LogP contribution in [-0.4, -0.2) is 16.0 Å². The zero-order valence-corrected chi connectivity index (χ0v) is 13.6. The molecule has 0 fully saturated rings. The second-order valence-electron chi connectivity index (χ2n) is 6.16. The third-order valence-corrected chi connectivity index (χ3v) is 3.63. The van der Waals surface area contributed by atoms with Crippen LogP contribution in [0, 0.1) is 5.92 Å². The molecule has 0 saturated heterocycles. The van der Waals surface area contributed by atoms with Gasteiger partial charge in [0.05, 0.1) is 6.54 Å². The van der Waals surface area contributed by atoms with Crippen molar-refractivity contribution in [3.8, 4) is 0 Å². The van der Waals surface area contributed by atoms with Gasteiger partial charge in [-0.1, -0.05) is 31.1 Å². The van der Waals surface area contributed by atoms with Gasteiger partial charge >= 0.3 is 0 Å². The van der Waals surface area contributed by atoms with Gasteiger partial charge in [-0.25, -0.2) is 0 Å². The predicted molar refractivity (Wildman–Crippen MR) is 90.8 cm³/mol. The molecule has 3 rings (SSSR count). The molecule has 0 radical (unpaired) electrons. The topological polar surface area (TPSA) is 88.0 Å². The summed E-state index contributed by atoms with van der Waals surface area (Å²) in [6.07, 6.45) is 0.805. The van der Waals surface area contributed by atoms with Crippen molar-refractivity contribution in [2.45, 2.75) is 26.8 Å². The van der Waals surface area contributed by atoms with Crippen molar-refractivity contribution in [3.63, 3.8) is 0 Å². The number of hydrogen-bond donors (Lipinski definition) is 2. The van der Waals surface area contributed by atoms with Crippen LogP contribution in [0.5, 0.6) is 0 Å². The second-order valence-corrected chi connectivity index (χ2v) is 6.16. The summed E-state index contributed by atoms with van der Waals surface area (Å²) in [6.45, 7) is 4.44. The molecular weight excluding hydrogens is 306 g/mol. The van der Waals surface area contributed by atoms with Gasteiger partial charge in [0.15, 0.2) is 5.43 Å². The molecule has 0 spiro atoms. The van der Waals surface area contributed by atoms with Crippen molar-refractivity contribution in [2.75, 3.05) is 0 Å². The maximum absolute atomic E-state index is 12.3. The smallest absolute Gasteiger partial charge is 0.268 e. The molecule has 1 amide bonds. The quantitative estimate of drug-likeness (QED) is 0.755. The first kappa shape index (κ1) is 16.0. The van der Waals surface area contributed by atoms with Gasteiger partial charge in [-0.15, -0.1) is 0 Å². The molecule has 6 nitrogen and oxygen atoms in total. The average Bonchev–Trinajstić information content (AvgIpc) is 2.99. The Bertz CT molecular complexity index is 924. The number of aromatic amines is 1. The van der Waals surface area contributed by atoms with E-state index in [9.17, 15) is 9.59 Å². The summed E-state index contributed by atoms with van der Waals surface area (Å²) < 4.78 is 5.23. The Morgan fingerprint density at radius 3 is 2.88 bits per heavy atom. The molecule has 0 aliphatic rings. The number of benzene rings is 1. The molecular formula is C18H19N3O3. The molecule has 1 aromatic carbocycles. The minimum absolute atomic E-state index is 0.185. The monoisotopic (exact) mass is 325 g/mol. The van der Waals surface area contributed by atoms with Gasteiger partial charge in [0.2, 0.25) is 0 Å². The summed E-state index contributed by atoms with van der Waals surface area (Å²) in [5.41, 5.74) is 1.33. The Morgan fingerprint density at radius 1 is 1.29 bits per heavy atom. The Hall–Kier alpha value is -2.89. The number of aromatic nitrogens is 2. The van der Waals surface area contributed by atoms with Crippen LogP contribution >= 0.6 is 0 Å². The number of carbonyl (C=O) groups excluding carboxylic acids is 1. The summed E-state index contributed by atoms with van der Waals surface area (Å²) in [5, 5.41) is 7.24. The van der Waals surface area contributed by atoms with Gasteiger partial charge in [0.1, 0.15) is 17.1 Å². The average molecular weight is 325 g/mol. The molecule has 2 heterocycles. The van der Waals surface area contributed by atoms with E-state index in [0.29, 0.717) is 22.5 Å². The van der Waals surface area contributed by atoms with Crippen LogP contribution in [0.1, 0.15) is 35.8 Å². The Kier molecular flexibility index (Phi) is 4.46. The van der Waals surface area contributed by atoms with Crippen molar-refractivity contribution in [1.29, 1.82) is 0 Å². The van der Waals surface area contributed by atoms with Crippen molar-refractivity contribution < 1.29 is 9.32 Å². The van der Waals surface area contributed by atoms with Gasteiger partial charge in [-0.05, 0) is 18.1 Å². The number of nitrogens with zero attached hydrogens (tertiary/aromatic N) is 1. The fourth-order valence-electron chi connectivity index (χ4n) is 2.52. The van der Waals surface area contributed by atoms with Crippen molar-refractivity contribution >= 4 is 16.8 Å². The summed E-state index contributed by atoms with van der Waals surface area (Å²) >= 11 is 0. The number of hydrogen-bond acceptors (Lipinski definition) is 4. The number of para-hydroxylation sites is 1. The second kappa shape index (κ2) is 6.70. The van der Waals surface area contributed by atoms with E-state index in [2.05, 4.69) is 29.3 Å². The largest absolute Gasteiger partial charge is 0.361 e. The third kappa shape index (κ3) is 3.53. The number of carbonyl (C=O) groups is 1. The van der Waals surface area contributed by atoms with Crippen molar-refractivity contribution in [1.82, 2.24) is 15.5 Å². The summed E-state index contributed by atoms with van der Waals surface area (Å²) in [6, 6.07) is 10.2. The van der Waals surface area contributed by atoms with E-state index >= 15 is 0 Å². The van der Waals surface area contributed by atoms with Gasteiger partial charge in [-0.3, -0.25) is 9.59 Å². The lowest BCUT2D eigenvalue weighted by Crippen LogP contribution is -2.25. The molecule has 0 aliphatic carbocycles. The Labute approximate surface area is 138 Å². The molecule has 0 atom stereocenters. The molecule has 2 N–H and O–H groups in total. The van der Waals surface area contributed by atoms with Crippen molar-refractivity contribution in [3.05, 3.63) is 63.8 Å². The third-order valence-electron chi connectivity index (χ3n) is 3.63. The fraction of sp³-hybridized carbons (Fsp3) is 0.278. The molecule has 0 saturated carbocycles. The standard InChI is InChI=1S/C18H19N3O3/c1-11(2)7-13-8-12(21-24-13)10-19-18(23)16-9-17(22)14-5-3-4-6-15(14)20-16/h3-6,8-9,11H,7,10H2,1-2H3,(H,19,23)(H,20,22). The SMILES string of the molecule is CC(C)Cc1cc(CNC(=O)c2cc(=O)c3ccccc3[nH]2)no1. The summed E-state index contributed by atoms with van der Waals surface area (Å²) in [4.78, 5) is 27.3. The first-order valence-electron chi connectivity index (χ1n) is 7.87. The van der Waals surface area contributed by atoms with Crippen molar-refractivity contribution in [2.24, 2.45) is 5.92 Å². The van der Waals surface area contributed by atoms with E-state index in [1.165, 1.54) is 6.07 Å². The molecule has 6 heteroatoms. The van der Waals surface area contributed by atoms with Crippen LogP contribution in [0.3, 0.4) is 0 Å². The van der Waals surface area contributed by atoms with Crippen LogP contribution in [0.25, 0.3) is 10.9 Å². The molecule has 0 aliphatic heterocycles. The highest BCUT2D eigenvalue weighted by molar-refractivity contribution is 5.94. The lowest BCUT2D eigenvalue weighted by molar-refractivity contribution is 0.0945. The van der Waals surface area contributed by atoms with E-state index in [4.69, 9.17) is 4.52 Å². The van der Waals surface area contributed by atoms with Crippen LogP contribution in [0.4, 0.5) is 0 Å². The minimum Gasteiger partial charge on any atom is -0.361 e. The zero-order chi connectivity index (χ0) is 17.1. The van der Waals surface area contributed by atoms with E-state index in [0.717, 1.165) is 12.2 Å². The summed E-state index contributed by atoms with van der Waals surface area (Å²) in [7, 11) is 0. The van der Waals surface area contributed by atoms with E-state index < -0.39 is 0 Å². The first-order valence-corrected chi connectivity index (χ1v) is 7.87. The maximum Gasteiger partial charge on any atom is 0.268 e. The first-order chi connectivity index (χ1) is 11.5. The molecule has 3 aromatic rings. The zero-order valence-electron chi connectivity index (χ0n) is 13.6. The van der Waals surface area contributed by atoms with Crippen LogP contribution in [0.15, 0.2) is 45.7 Å². The highest BCUT2D eigenvalue weighted by atomic mass is 16.5. The molecule has 24 heavy (non-hydrogen) atoms. The fourth-order valence-corrected chi connectivity index (χ4v) is 2.52. The Balaban J connectivity index is 1.71. The molecule has 2 aromatic heterocycles. The van der Waals surface area contributed by atoms with Gasteiger partial charge in [-0.2, -0.15) is 0 Å². The number of H-pyrrole nitrogens is 1. The lowest BCUT2D eigenvalue weighted by Gasteiger charge is -2.05. The predicted octanol–water partition coefficient (Wildman–Crippen LogP) is 2.64. The van der Waals surface area contributed by atoms with Gasteiger partial charge < -0.3 is 14.8 Å². The van der Waals surface area contributed by atoms with Crippen LogP contribution in [-0.2, 0) is 13.0 Å². The lowest BCUT2D eigenvalue weighted by atomic mass is 10.1. The van der Waals surface area contributed by atoms with Gasteiger partial charge in [0.25, 0.3) is 5.91 Å². The number of fused-ring (bicyclic) bond motifs is 1. The number of nitrogens with one attached hydrogen (secondary N) is 2. The van der Waals surface area contributed by atoms with E-state index in [1.54, 1.807) is 18.2 Å². The number of rotatable bonds is 5. The highest BCUT2D eigenvalue weighted by Crippen LogP contribution is 2.10. The van der Waals surface area contributed by atoms with Gasteiger partial charge in [0, 0.05) is 29.5 Å². The Morgan fingerprint density at radius 2 is 2.08 bits per heavy atom.